The predicted molar refractivity (Wildman–Crippen MR) is 107 cm³/mol. The quantitative estimate of drug-likeness (QED) is 0.285. The third kappa shape index (κ3) is 14.0. The largest absolute Gasteiger partial charge is 1.00 e. The molecule has 0 aliphatic rings. The zero-order chi connectivity index (χ0) is 16.6. The van der Waals surface area contributed by atoms with Crippen LogP contribution < -0.4 is 12.4 Å². The van der Waals surface area contributed by atoms with Crippen molar-refractivity contribution >= 4 is 11.8 Å². The Morgan fingerprint density at radius 3 is 1.54 bits per heavy atom. The van der Waals surface area contributed by atoms with Gasteiger partial charge in [-0.2, -0.15) is 0 Å². The van der Waals surface area contributed by atoms with Crippen molar-refractivity contribution in [2.75, 3.05) is 12.0 Å². The Morgan fingerprint density at radius 1 is 0.667 bits per heavy atom. The molecular formula is C21H37ClOS. The second-order valence-corrected chi connectivity index (χ2v) is 7.78. The number of hydrogen-bond acceptors (Lipinski definition) is 1. The van der Waals surface area contributed by atoms with Gasteiger partial charge in [0.15, 0.2) is 0 Å². The van der Waals surface area contributed by atoms with Crippen LogP contribution in [0.2, 0.25) is 0 Å². The molecule has 1 nitrogen and oxygen atoms in total. The summed E-state index contributed by atoms with van der Waals surface area (Å²) >= 11 is 1.56. The van der Waals surface area contributed by atoms with Crippen molar-refractivity contribution in [1.82, 2.24) is 0 Å². The van der Waals surface area contributed by atoms with Crippen molar-refractivity contribution in [3.05, 3.63) is 29.8 Å². The first-order valence-corrected chi connectivity index (χ1v) is 11.2. The lowest BCUT2D eigenvalue weighted by Gasteiger charge is -2.03. The molecule has 0 aliphatic heterocycles. The van der Waals surface area contributed by atoms with Crippen LogP contribution in [0.5, 0.6) is 5.75 Å². The minimum Gasteiger partial charge on any atom is -1.00 e. The van der Waals surface area contributed by atoms with Gasteiger partial charge in [-0.1, -0.05) is 69.9 Å². The van der Waals surface area contributed by atoms with E-state index >= 15 is 0 Å². The molecule has 1 rings (SSSR count). The minimum atomic E-state index is 0. The first-order valence-electron chi connectivity index (χ1n) is 9.66. The van der Waals surface area contributed by atoms with Crippen LogP contribution >= 0.6 is 0 Å². The van der Waals surface area contributed by atoms with Crippen LogP contribution in [0, 0.1) is 0 Å². The molecule has 24 heavy (non-hydrogen) atoms. The highest BCUT2D eigenvalue weighted by Gasteiger charge is 1.96. The van der Waals surface area contributed by atoms with E-state index in [0.29, 0.717) is 5.75 Å². The summed E-state index contributed by atoms with van der Waals surface area (Å²) in [6.07, 6.45) is 20.4. The van der Waals surface area contributed by atoms with Crippen LogP contribution in [-0.2, 0) is 18.2 Å². The number of rotatable bonds is 15. The van der Waals surface area contributed by atoms with Crippen molar-refractivity contribution < 1.29 is 17.5 Å². The molecular weight excluding hydrogens is 336 g/mol. The molecule has 0 atom stereocenters. The van der Waals surface area contributed by atoms with E-state index in [1.807, 2.05) is 12.1 Å². The Morgan fingerprint density at radius 2 is 1.08 bits per heavy atom. The van der Waals surface area contributed by atoms with Crippen molar-refractivity contribution in [1.29, 1.82) is 0 Å². The van der Waals surface area contributed by atoms with Gasteiger partial charge in [0.1, 0.15) is 11.5 Å². The van der Waals surface area contributed by atoms with Crippen molar-refractivity contribution in [3.63, 3.8) is 0 Å². The number of benzene rings is 1. The Bertz CT molecular complexity index is 367. The average Bonchev–Trinajstić information content (AvgIpc) is 2.57. The number of aromatic hydroxyl groups is 1. The van der Waals surface area contributed by atoms with E-state index in [0.717, 1.165) is 6.42 Å². The van der Waals surface area contributed by atoms with Crippen LogP contribution in [0.15, 0.2) is 24.3 Å². The molecule has 0 unspecified atom stereocenters. The van der Waals surface area contributed by atoms with Gasteiger partial charge in [0.25, 0.3) is 0 Å². The Kier molecular flexibility index (Phi) is 17.2. The zero-order valence-electron chi connectivity index (χ0n) is 15.5. The molecule has 0 amide bonds. The van der Waals surface area contributed by atoms with Crippen LogP contribution in [-0.4, -0.2) is 17.1 Å². The Balaban J connectivity index is 0.00000529. The summed E-state index contributed by atoms with van der Waals surface area (Å²) in [6.45, 7) is 0. The van der Waals surface area contributed by atoms with Gasteiger partial charge in [0.2, 0.25) is 0 Å². The minimum absolute atomic E-state index is 0. The van der Waals surface area contributed by atoms with Gasteiger partial charge in [-0.15, -0.1) is 0 Å². The summed E-state index contributed by atoms with van der Waals surface area (Å²) in [4.78, 5) is 0. The molecule has 0 bridgehead atoms. The third-order valence-electron chi connectivity index (χ3n) is 4.53. The van der Waals surface area contributed by atoms with Crippen LogP contribution in [0.3, 0.4) is 0 Å². The summed E-state index contributed by atoms with van der Waals surface area (Å²) in [5.74, 6) is 1.77. The molecule has 0 fully saturated rings. The van der Waals surface area contributed by atoms with Crippen molar-refractivity contribution in [2.45, 2.75) is 83.5 Å². The molecule has 0 saturated heterocycles. The summed E-state index contributed by atoms with van der Waals surface area (Å²) in [7, 11) is 0. The number of aryl methyl sites for hydroxylation is 1. The number of thiol groups is 1. The van der Waals surface area contributed by atoms with Gasteiger partial charge >= 0.3 is 0 Å². The van der Waals surface area contributed by atoms with Crippen molar-refractivity contribution in [2.24, 2.45) is 0 Å². The van der Waals surface area contributed by atoms with E-state index in [4.69, 9.17) is 0 Å². The molecule has 3 heteroatoms. The highest BCUT2D eigenvalue weighted by molar-refractivity contribution is 7.77. The summed E-state index contributed by atoms with van der Waals surface area (Å²) in [6, 6.07) is 7.66. The third-order valence-corrected chi connectivity index (χ3v) is 5.30. The molecule has 0 heterocycles. The van der Waals surface area contributed by atoms with E-state index in [1.165, 1.54) is 88.4 Å². The standard InChI is InChI=1S/C21H36OS.ClH/c1-23-19-13-11-9-7-5-3-2-4-6-8-10-12-14-20-15-17-21(22)18-16-20;/h15-18,22H,2-14,19H2,1H3;1H. The molecule has 140 valence electrons. The highest BCUT2D eigenvalue weighted by atomic mass is 35.5. The fraction of sp³-hybridized carbons (Fsp3) is 0.714. The molecule has 0 saturated carbocycles. The predicted octanol–water partition coefficient (Wildman–Crippen LogP) is 3.06. The van der Waals surface area contributed by atoms with Gasteiger partial charge in [0, 0.05) is 0 Å². The van der Waals surface area contributed by atoms with Gasteiger partial charge < -0.3 is 17.5 Å². The van der Waals surface area contributed by atoms with E-state index in [-0.39, 0.29) is 12.4 Å². The lowest BCUT2D eigenvalue weighted by atomic mass is 10.0. The second-order valence-electron chi connectivity index (χ2n) is 6.70. The van der Waals surface area contributed by atoms with Gasteiger partial charge in [-0.25, -0.2) is 0 Å². The fourth-order valence-electron chi connectivity index (χ4n) is 3.03. The summed E-state index contributed by atoms with van der Waals surface area (Å²) < 4.78 is 0. The van der Waals surface area contributed by atoms with Crippen LogP contribution in [0.1, 0.15) is 82.6 Å². The molecule has 0 spiro atoms. The van der Waals surface area contributed by atoms with E-state index in [2.05, 4.69) is 6.26 Å². The summed E-state index contributed by atoms with van der Waals surface area (Å²) in [5.41, 5.74) is 1.35. The lowest BCUT2D eigenvalue weighted by Crippen LogP contribution is -3.00. The molecule has 1 N–H and O–H groups in total. The second kappa shape index (κ2) is 17.5. The van der Waals surface area contributed by atoms with E-state index in [1.54, 1.807) is 23.9 Å². The number of unbranched alkanes of at least 4 members (excludes halogenated alkanes) is 11. The first-order chi connectivity index (χ1) is 11.3. The van der Waals surface area contributed by atoms with Gasteiger partial charge in [0.05, 0.1) is 6.26 Å². The highest BCUT2D eigenvalue weighted by Crippen LogP contribution is 2.15. The van der Waals surface area contributed by atoms with Crippen LogP contribution in [0.25, 0.3) is 0 Å². The number of hydrogen-bond donors (Lipinski definition) is 1. The maximum Gasteiger partial charge on any atom is 0.115 e. The summed E-state index contributed by atoms with van der Waals surface area (Å²) in [5, 5.41) is 9.25. The molecule has 0 radical (unpaired) electrons. The van der Waals surface area contributed by atoms with E-state index in [9.17, 15) is 5.11 Å². The van der Waals surface area contributed by atoms with Gasteiger partial charge in [-0.05, 0) is 55.1 Å². The number of halogens is 1. The average molecular weight is 373 g/mol. The maximum atomic E-state index is 9.25. The number of phenols is 1. The molecule has 0 aromatic heterocycles. The number of phenolic OH excluding ortho intramolecular Hbond substituents is 1. The monoisotopic (exact) mass is 372 g/mol. The van der Waals surface area contributed by atoms with Crippen LogP contribution in [0.4, 0.5) is 0 Å². The molecule has 0 aliphatic carbocycles. The Labute approximate surface area is 160 Å². The normalized spacial score (nSPS) is 10.5. The zero-order valence-corrected chi connectivity index (χ0v) is 17.1. The maximum absolute atomic E-state index is 9.25. The fourth-order valence-corrected chi connectivity index (χ4v) is 3.57. The van der Waals surface area contributed by atoms with E-state index < -0.39 is 0 Å². The molecule has 1 aromatic carbocycles. The topological polar surface area (TPSA) is 20.2 Å². The van der Waals surface area contributed by atoms with Crippen molar-refractivity contribution in [3.8, 4) is 5.75 Å². The van der Waals surface area contributed by atoms with Gasteiger partial charge in [-0.3, -0.25) is 0 Å². The molecule has 1 aromatic rings. The first kappa shape index (κ1) is 23.7. The smallest absolute Gasteiger partial charge is 0.115 e. The lowest BCUT2D eigenvalue weighted by molar-refractivity contribution is -0.00000596. The SMILES string of the molecule is C[SH+]CCCCCCCCCCCCCCc1ccc(O)cc1.[Cl-]. The Hall–Kier alpha value is -0.340.